The number of phenolic OH excluding ortho intramolecular Hbond substituents is 1. The number of ketones is 2. The first kappa shape index (κ1) is 27.7. The van der Waals surface area contributed by atoms with Gasteiger partial charge in [0.1, 0.15) is 22.8 Å². The number of Topliss-reactive ketones (excluding diaryl/α,β-unsaturated/α-hetero) is 2. The van der Waals surface area contributed by atoms with Crippen molar-refractivity contribution in [3.8, 4) is 17.6 Å². The van der Waals surface area contributed by atoms with Crippen molar-refractivity contribution in [3.05, 3.63) is 39.7 Å². The van der Waals surface area contributed by atoms with E-state index in [0.29, 0.717) is 11.3 Å². The van der Waals surface area contributed by atoms with Gasteiger partial charge in [0.15, 0.2) is 11.4 Å². The van der Waals surface area contributed by atoms with Crippen LogP contribution >= 0.6 is 0 Å². The number of aromatic hydroxyl groups is 1. The monoisotopic (exact) mass is 559 g/mol. The number of aliphatic hydroxyl groups excluding tert-OH is 2. The smallest absolute Gasteiger partial charge is 0.309 e. The number of aliphatic hydroxyl groups is 3. The number of hydrogen-bond acceptors (Lipinski definition) is 11. The Morgan fingerprint density at radius 3 is 2.38 bits per heavy atom. The van der Waals surface area contributed by atoms with Crippen molar-refractivity contribution >= 4 is 44.9 Å². The summed E-state index contributed by atoms with van der Waals surface area (Å²) in [5.41, 5.74) is 1.75. The number of primary amides is 1. The standard InChI is InChI=1S/C25H25N3O10S/c1-28(2)14-8-10(4-5-16(30)27-39(3,37)38)20(31)18-13(14)7-11-6-12-9-15(29)19(24(26)35)23(34)25(12,36)22(33)17(11)21(18)32/h8,11-12,31-32,34,36H,6-7,9H2,1-3H3,(H2,26,35)(H,27,30)/t11-,12+,25+/m1/s1. The van der Waals surface area contributed by atoms with Crippen molar-refractivity contribution in [3.63, 3.8) is 0 Å². The van der Waals surface area contributed by atoms with Crippen LogP contribution < -0.4 is 15.4 Å². The topological polar surface area (TPSA) is 225 Å². The molecule has 7 N–H and O–H groups in total. The van der Waals surface area contributed by atoms with Gasteiger partial charge in [-0.2, -0.15) is 0 Å². The van der Waals surface area contributed by atoms with E-state index in [0.717, 1.165) is 6.26 Å². The summed E-state index contributed by atoms with van der Waals surface area (Å²) in [6, 6.07) is 1.42. The van der Waals surface area contributed by atoms with E-state index in [1.54, 1.807) is 23.7 Å². The molecule has 14 heteroatoms. The van der Waals surface area contributed by atoms with Gasteiger partial charge in [-0.3, -0.25) is 19.2 Å². The molecule has 206 valence electrons. The molecule has 1 fully saturated rings. The molecule has 0 radical (unpaired) electrons. The SMILES string of the molecule is CN(C)c1cc(C#CC(=O)NS(C)(=O)=O)c(O)c2c1C[C@H]1C[C@H]3CC(=O)C(C(N)=O)=C(O)[C@@]3(O)C(=O)C1=C2O. The van der Waals surface area contributed by atoms with Gasteiger partial charge < -0.3 is 31.1 Å². The lowest BCUT2D eigenvalue weighted by Crippen LogP contribution is -2.58. The highest BCUT2D eigenvalue weighted by atomic mass is 32.2. The van der Waals surface area contributed by atoms with Crippen LogP contribution in [0.1, 0.15) is 29.5 Å². The molecule has 2 amide bonds. The van der Waals surface area contributed by atoms with Crippen LogP contribution in [-0.2, 0) is 35.6 Å². The van der Waals surface area contributed by atoms with Gasteiger partial charge in [0.2, 0.25) is 15.8 Å². The molecule has 0 unspecified atom stereocenters. The largest absolute Gasteiger partial charge is 0.508 e. The zero-order valence-electron chi connectivity index (χ0n) is 21.0. The number of amides is 2. The highest BCUT2D eigenvalue weighted by molar-refractivity contribution is 7.89. The summed E-state index contributed by atoms with van der Waals surface area (Å²) >= 11 is 0. The fourth-order valence-corrected chi connectivity index (χ4v) is 5.87. The Morgan fingerprint density at radius 2 is 1.82 bits per heavy atom. The second-order valence-electron chi connectivity index (χ2n) is 9.90. The van der Waals surface area contributed by atoms with E-state index in [1.165, 1.54) is 6.07 Å². The summed E-state index contributed by atoms with van der Waals surface area (Å²) in [5.74, 6) is -4.37. The highest BCUT2D eigenvalue weighted by Crippen LogP contribution is 2.53. The molecule has 1 aromatic rings. The van der Waals surface area contributed by atoms with E-state index in [2.05, 4.69) is 5.92 Å². The number of anilines is 1. The summed E-state index contributed by atoms with van der Waals surface area (Å²) < 4.78 is 24.2. The first-order chi connectivity index (χ1) is 18.0. The Labute approximate surface area is 222 Å². The number of carbonyl (C=O) groups excluding carboxylic acids is 4. The molecule has 0 spiro atoms. The summed E-state index contributed by atoms with van der Waals surface area (Å²) in [7, 11) is -0.567. The first-order valence-corrected chi connectivity index (χ1v) is 13.4. The Bertz CT molecular complexity index is 1610. The maximum absolute atomic E-state index is 13.6. The van der Waals surface area contributed by atoms with Crippen molar-refractivity contribution in [2.75, 3.05) is 25.3 Å². The molecule has 13 nitrogen and oxygen atoms in total. The lowest BCUT2D eigenvalue weighted by atomic mass is 9.59. The predicted octanol–water partition coefficient (Wildman–Crippen LogP) is -1.08. The number of nitrogens with one attached hydrogen (secondary N) is 1. The van der Waals surface area contributed by atoms with Gasteiger partial charge in [0.25, 0.3) is 5.91 Å². The van der Waals surface area contributed by atoms with E-state index in [1.807, 2.05) is 5.92 Å². The zero-order chi connectivity index (χ0) is 29.2. The first-order valence-electron chi connectivity index (χ1n) is 11.6. The number of nitrogens with zero attached hydrogens (tertiary/aromatic N) is 1. The molecule has 1 aromatic carbocycles. The molecule has 1 saturated carbocycles. The number of fused-ring (bicyclic) bond motifs is 3. The van der Waals surface area contributed by atoms with Crippen LogP contribution in [0.2, 0.25) is 0 Å². The van der Waals surface area contributed by atoms with Gasteiger partial charge in [-0.05, 0) is 30.4 Å². The summed E-state index contributed by atoms with van der Waals surface area (Å²) in [4.78, 5) is 51.4. The predicted molar refractivity (Wildman–Crippen MR) is 136 cm³/mol. The van der Waals surface area contributed by atoms with Crippen molar-refractivity contribution in [1.82, 2.24) is 4.72 Å². The molecule has 0 aromatic heterocycles. The minimum atomic E-state index is -3.89. The van der Waals surface area contributed by atoms with E-state index in [9.17, 15) is 48.0 Å². The number of rotatable bonds is 3. The molecule has 3 aliphatic rings. The lowest BCUT2D eigenvalue weighted by Gasteiger charge is -2.46. The number of phenols is 1. The van der Waals surface area contributed by atoms with Gasteiger partial charge in [-0.1, -0.05) is 5.92 Å². The van der Waals surface area contributed by atoms with Crippen LogP contribution in [0, 0.1) is 23.7 Å². The average molecular weight is 560 g/mol. The van der Waals surface area contributed by atoms with Crippen molar-refractivity contribution < 1.29 is 48.0 Å². The third-order valence-corrected chi connectivity index (χ3v) is 7.67. The van der Waals surface area contributed by atoms with E-state index >= 15 is 0 Å². The minimum absolute atomic E-state index is 0.0240. The van der Waals surface area contributed by atoms with Crippen LogP contribution in [-0.4, -0.2) is 78.2 Å². The maximum atomic E-state index is 13.6. The molecule has 0 heterocycles. The summed E-state index contributed by atoms with van der Waals surface area (Å²) in [5, 5.41) is 44.3. The highest BCUT2D eigenvalue weighted by Gasteiger charge is 2.60. The maximum Gasteiger partial charge on any atom is 0.309 e. The van der Waals surface area contributed by atoms with Crippen molar-refractivity contribution in [2.45, 2.75) is 24.9 Å². The van der Waals surface area contributed by atoms with Crippen LogP contribution in [0.5, 0.6) is 5.75 Å². The molecule has 0 saturated heterocycles. The van der Waals surface area contributed by atoms with E-state index < -0.39 is 80.1 Å². The summed E-state index contributed by atoms with van der Waals surface area (Å²) in [6.45, 7) is 0. The molecular formula is C25H25N3O10S. The number of carbonyl (C=O) groups is 4. The molecule has 39 heavy (non-hydrogen) atoms. The Morgan fingerprint density at radius 1 is 1.18 bits per heavy atom. The third kappa shape index (κ3) is 4.39. The van der Waals surface area contributed by atoms with Crippen LogP contribution in [0.25, 0.3) is 5.76 Å². The normalized spacial score (nSPS) is 24.2. The van der Waals surface area contributed by atoms with E-state index in [-0.39, 0.29) is 29.5 Å². The molecule has 0 aliphatic heterocycles. The second kappa shape index (κ2) is 9.14. The Balaban J connectivity index is 1.91. The third-order valence-electron chi connectivity index (χ3n) is 7.11. The van der Waals surface area contributed by atoms with E-state index in [4.69, 9.17) is 5.73 Å². The van der Waals surface area contributed by atoms with Gasteiger partial charge >= 0.3 is 5.91 Å². The number of hydrogen-bond donors (Lipinski definition) is 6. The van der Waals surface area contributed by atoms with Crippen LogP contribution in [0.15, 0.2) is 23.0 Å². The fourth-order valence-electron chi connectivity index (χ4n) is 5.48. The second-order valence-corrected chi connectivity index (χ2v) is 11.6. The van der Waals surface area contributed by atoms with Crippen LogP contribution in [0.4, 0.5) is 5.69 Å². The minimum Gasteiger partial charge on any atom is -0.508 e. The van der Waals surface area contributed by atoms with Gasteiger partial charge in [0.05, 0.1) is 17.4 Å². The average Bonchev–Trinajstić information content (AvgIpc) is 2.79. The van der Waals surface area contributed by atoms with Gasteiger partial charge in [0, 0.05) is 43.6 Å². The van der Waals surface area contributed by atoms with Gasteiger partial charge in [-0.25, -0.2) is 13.1 Å². The number of nitrogens with two attached hydrogens (primary N) is 1. The number of benzene rings is 1. The quantitative estimate of drug-likeness (QED) is 0.193. The molecule has 0 bridgehead atoms. The number of sulfonamides is 1. The van der Waals surface area contributed by atoms with Crippen molar-refractivity contribution in [2.24, 2.45) is 17.6 Å². The zero-order valence-corrected chi connectivity index (χ0v) is 21.8. The Kier molecular flexibility index (Phi) is 6.49. The van der Waals surface area contributed by atoms with Crippen LogP contribution in [0.3, 0.4) is 0 Å². The molecule has 4 rings (SSSR count). The molecule has 3 aliphatic carbocycles. The Hall–Kier alpha value is -4.35. The molecular weight excluding hydrogens is 534 g/mol. The van der Waals surface area contributed by atoms with Gasteiger partial charge in [-0.15, -0.1) is 0 Å². The molecule has 3 atom stereocenters. The lowest BCUT2D eigenvalue weighted by molar-refractivity contribution is -0.147. The fraction of sp³-hybridized carbons (Fsp3) is 0.360. The van der Waals surface area contributed by atoms with Crippen molar-refractivity contribution in [1.29, 1.82) is 0 Å². The summed E-state index contributed by atoms with van der Waals surface area (Å²) in [6.07, 6.45) is 0.383.